The second kappa shape index (κ2) is 5.36. The molecule has 0 fully saturated rings. The molecule has 0 radical (unpaired) electrons. The number of carbonyl (C=O) groups is 1. The molecule has 5 heteroatoms. The third-order valence-corrected chi connectivity index (χ3v) is 2.37. The SMILES string of the molecule is COCCC(=O)c1cnnn1-c1ccccc1. The predicted octanol–water partition coefficient (Wildman–Crippen LogP) is 1.49. The Hall–Kier alpha value is -2.01. The van der Waals surface area contributed by atoms with Gasteiger partial charge in [-0.05, 0) is 12.1 Å². The maximum atomic E-state index is 11.9. The van der Waals surface area contributed by atoms with E-state index in [-0.39, 0.29) is 5.78 Å². The van der Waals surface area contributed by atoms with Gasteiger partial charge in [-0.25, -0.2) is 4.68 Å². The Morgan fingerprint density at radius 1 is 1.35 bits per heavy atom. The first kappa shape index (κ1) is 11.5. The molecule has 0 N–H and O–H groups in total. The van der Waals surface area contributed by atoms with Crippen molar-refractivity contribution < 1.29 is 9.53 Å². The van der Waals surface area contributed by atoms with Crippen molar-refractivity contribution in [2.24, 2.45) is 0 Å². The lowest BCUT2D eigenvalue weighted by molar-refractivity contribution is 0.0924. The molecule has 88 valence electrons. The highest BCUT2D eigenvalue weighted by molar-refractivity contribution is 5.94. The van der Waals surface area contributed by atoms with Crippen LogP contribution in [0, 0.1) is 0 Å². The molecule has 0 atom stereocenters. The molecule has 0 saturated heterocycles. The average Bonchev–Trinajstić information content (AvgIpc) is 2.86. The van der Waals surface area contributed by atoms with Crippen LogP contribution in [-0.4, -0.2) is 34.5 Å². The number of ketones is 1. The van der Waals surface area contributed by atoms with Crippen molar-refractivity contribution in [2.45, 2.75) is 6.42 Å². The van der Waals surface area contributed by atoms with Gasteiger partial charge in [-0.1, -0.05) is 23.4 Å². The number of para-hydroxylation sites is 1. The molecule has 2 rings (SSSR count). The summed E-state index contributed by atoms with van der Waals surface area (Å²) in [5.74, 6) is -0.0271. The molecule has 0 aliphatic rings. The van der Waals surface area contributed by atoms with E-state index in [1.807, 2.05) is 30.3 Å². The van der Waals surface area contributed by atoms with Gasteiger partial charge in [0.15, 0.2) is 5.78 Å². The number of nitrogens with zero attached hydrogens (tertiary/aromatic N) is 3. The van der Waals surface area contributed by atoms with Crippen LogP contribution in [0.4, 0.5) is 0 Å². The molecule has 0 saturated carbocycles. The van der Waals surface area contributed by atoms with Crippen molar-refractivity contribution >= 4 is 5.78 Å². The number of rotatable bonds is 5. The monoisotopic (exact) mass is 231 g/mol. The Balaban J connectivity index is 2.26. The van der Waals surface area contributed by atoms with Crippen LogP contribution in [0.25, 0.3) is 5.69 Å². The zero-order valence-electron chi connectivity index (χ0n) is 9.54. The summed E-state index contributed by atoms with van der Waals surface area (Å²) >= 11 is 0. The van der Waals surface area contributed by atoms with E-state index in [4.69, 9.17) is 4.74 Å². The summed E-state index contributed by atoms with van der Waals surface area (Å²) in [5, 5.41) is 7.70. The second-order valence-electron chi connectivity index (χ2n) is 3.53. The Labute approximate surface area is 99.0 Å². The van der Waals surface area contributed by atoms with Crippen LogP contribution in [-0.2, 0) is 4.74 Å². The van der Waals surface area contributed by atoms with Gasteiger partial charge in [0.1, 0.15) is 5.69 Å². The van der Waals surface area contributed by atoms with Gasteiger partial charge in [0.05, 0.1) is 18.5 Å². The highest BCUT2D eigenvalue weighted by Crippen LogP contribution is 2.10. The lowest BCUT2D eigenvalue weighted by atomic mass is 10.2. The highest BCUT2D eigenvalue weighted by Gasteiger charge is 2.13. The van der Waals surface area contributed by atoms with Crippen molar-refractivity contribution in [3.63, 3.8) is 0 Å². The first-order valence-electron chi connectivity index (χ1n) is 5.31. The van der Waals surface area contributed by atoms with Crippen LogP contribution in [0.15, 0.2) is 36.5 Å². The fourth-order valence-electron chi connectivity index (χ4n) is 1.51. The number of Topliss-reactive ketones (excluding diaryl/α,β-unsaturated/α-hetero) is 1. The van der Waals surface area contributed by atoms with Crippen LogP contribution in [0.3, 0.4) is 0 Å². The lowest BCUT2D eigenvalue weighted by Gasteiger charge is -2.04. The normalized spacial score (nSPS) is 10.4. The molecule has 1 aromatic heterocycles. The standard InChI is InChI=1S/C12H13N3O2/c1-17-8-7-12(16)11-9-13-14-15(11)10-5-3-2-4-6-10/h2-6,9H,7-8H2,1H3. The summed E-state index contributed by atoms with van der Waals surface area (Å²) < 4.78 is 6.42. The maximum Gasteiger partial charge on any atom is 0.185 e. The minimum absolute atomic E-state index is 0.0271. The van der Waals surface area contributed by atoms with Gasteiger partial charge in [-0.15, -0.1) is 5.10 Å². The quantitative estimate of drug-likeness (QED) is 0.731. The summed E-state index contributed by atoms with van der Waals surface area (Å²) in [6.45, 7) is 0.402. The van der Waals surface area contributed by atoms with Gasteiger partial charge in [0.25, 0.3) is 0 Å². The molecular formula is C12H13N3O2. The molecular weight excluding hydrogens is 218 g/mol. The average molecular weight is 231 g/mol. The number of carbonyl (C=O) groups excluding carboxylic acids is 1. The van der Waals surface area contributed by atoms with Crippen molar-refractivity contribution in [3.8, 4) is 5.69 Å². The summed E-state index contributed by atoms with van der Waals surface area (Å²) in [6.07, 6.45) is 1.81. The van der Waals surface area contributed by atoms with Gasteiger partial charge in [0.2, 0.25) is 0 Å². The third kappa shape index (κ3) is 2.57. The second-order valence-corrected chi connectivity index (χ2v) is 3.53. The van der Waals surface area contributed by atoms with Crippen molar-refractivity contribution in [1.82, 2.24) is 15.0 Å². The summed E-state index contributed by atoms with van der Waals surface area (Å²) in [7, 11) is 1.57. The number of aromatic nitrogens is 3. The van der Waals surface area contributed by atoms with Gasteiger partial charge >= 0.3 is 0 Å². The Morgan fingerprint density at radius 3 is 2.82 bits per heavy atom. The van der Waals surface area contributed by atoms with Crippen molar-refractivity contribution in [2.75, 3.05) is 13.7 Å². The molecule has 17 heavy (non-hydrogen) atoms. The molecule has 0 unspecified atom stereocenters. The lowest BCUT2D eigenvalue weighted by Crippen LogP contribution is -2.10. The van der Waals surface area contributed by atoms with E-state index in [1.165, 1.54) is 10.9 Å². The fraction of sp³-hybridized carbons (Fsp3) is 0.250. The summed E-state index contributed by atoms with van der Waals surface area (Å²) in [4.78, 5) is 11.9. The van der Waals surface area contributed by atoms with E-state index in [0.717, 1.165) is 5.69 Å². The minimum Gasteiger partial charge on any atom is -0.384 e. The largest absolute Gasteiger partial charge is 0.384 e. The van der Waals surface area contributed by atoms with E-state index in [9.17, 15) is 4.79 Å². The molecule has 2 aromatic rings. The molecule has 5 nitrogen and oxygen atoms in total. The molecule has 1 aromatic carbocycles. The van der Waals surface area contributed by atoms with Crippen molar-refractivity contribution in [3.05, 3.63) is 42.2 Å². The number of hydrogen-bond donors (Lipinski definition) is 0. The minimum atomic E-state index is -0.0271. The molecule has 1 heterocycles. The van der Waals surface area contributed by atoms with Crippen molar-refractivity contribution in [1.29, 1.82) is 0 Å². The zero-order valence-corrected chi connectivity index (χ0v) is 9.54. The number of hydrogen-bond acceptors (Lipinski definition) is 4. The molecule has 0 spiro atoms. The zero-order chi connectivity index (χ0) is 12.1. The van der Waals surface area contributed by atoms with Crippen LogP contribution in [0.1, 0.15) is 16.9 Å². The third-order valence-electron chi connectivity index (χ3n) is 2.37. The number of benzene rings is 1. The van der Waals surface area contributed by atoms with E-state index in [1.54, 1.807) is 7.11 Å². The predicted molar refractivity (Wildman–Crippen MR) is 62.2 cm³/mol. The van der Waals surface area contributed by atoms with E-state index in [2.05, 4.69) is 10.3 Å². The Morgan fingerprint density at radius 2 is 2.12 bits per heavy atom. The van der Waals surface area contributed by atoms with Crippen LogP contribution >= 0.6 is 0 Å². The molecule has 0 amide bonds. The molecule has 0 aliphatic carbocycles. The van der Waals surface area contributed by atoms with Gasteiger partial charge in [-0.2, -0.15) is 0 Å². The van der Waals surface area contributed by atoms with Crippen LogP contribution < -0.4 is 0 Å². The first-order valence-corrected chi connectivity index (χ1v) is 5.31. The smallest absolute Gasteiger partial charge is 0.185 e. The van der Waals surface area contributed by atoms with Gasteiger partial charge in [-0.3, -0.25) is 4.79 Å². The molecule has 0 aliphatic heterocycles. The van der Waals surface area contributed by atoms with E-state index in [0.29, 0.717) is 18.7 Å². The fourth-order valence-corrected chi connectivity index (χ4v) is 1.51. The van der Waals surface area contributed by atoms with Gasteiger partial charge < -0.3 is 4.74 Å². The molecule has 0 bridgehead atoms. The van der Waals surface area contributed by atoms with E-state index >= 15 is 0 Å². The first-order chi connectivity index (χ1) is 8.33. The van der Waals surface area contributed by atoms with Crippen LogP contribution in [0.2, 0.25) is 0 Å². The summed E-state index contributed by atoms with van der Waals surface area (Å²) in [5.41, 5.74) is 1.30. The number of methoxy groups -OCH3 is 1. The van der Waals surface area contributed by atoms with Gasteiger partial charge in [0, 0.05) is 13.5 Å². The number of ether oxygens (including phenoxy) is 1. The highest BCUT2D eigenvalue weighted by atomic mass is 16.5. The van der Waals surface area contributed by atoms with E-state index < -0.39 is 0 Å². The van der Waals surface area contributed by atoms with Crippen LogP contribution in [0.5, 0.6) is 0 Å². The Bertz CT molecular complexity index is 493. The Kier molecular flexibility index (Phi) is 3.62. The summed E-state index contributed by atoms with van der Waals surface area (Å²) in [6, 6.07) is 9.44. The maximum absolute atomic E-state index is 11.9. The topological polar surface area (TPSA) is 57.0 Å².